The molecule has 206 valence electrons. The smallest absolute Gasteiger partial charge is 0.119 e. The van der Waals surface area contributed by atoms with E-state index in [0.29, 0.717) is 17.5 Å². The van der Waals surface area contributed by atoms with E-state index in [9.17, 15) is 0 Å². The lowest BCUT2D eigenvalue weighted by atomic mass is 9.70. The van der Waals surface area contributed by atoms with Gasteiger partial charge in [-0.05, 0) is 98.0 Å². The molecule has 4 N–H and O–H groups in total. The first-order valence-electron chi connectivity index (χ1n) is 14.9. The SMILES string of the molecule is CCC1CCC(Oc2ccc(C(=N)c3cc(CNCC4(c5cccnc5)CCCCC4)ccc3N)cc2)CC1. The Morgan fingerprint density at radius 1 is 1.03 bits per heavy atom. The van der Waals surface area contributed by atoms with Crippen LogP contribution in [0, 0.1) is 11.3 Å². The van der Waals surface area contributed by atoms with Crippen molar-refractivity contribution >= 4 is 11.4 Å². The number of rotatable bonds is 10. The predicted molar refractivity (Wildman–Crippen MR) is 161 cm³/mol. The highest BCUT2D eigenvalue weighted by Crippen LogP contribution is 2.38. The van der Waals surface area contributed by atoms with Crippen LogP contribution in [-0.4, -0.2) is 23.3 Å². The van der Waals surface area contributed by atoms with E-state index in [4.69, 9.17) is 15.9 Å². The Morgan fingerprint density at radius 2 is 1.79 bits per heavy atom. The number of nitrogens with zero attached hydrogens (tertiary/aromatic N) is 1. The number of benzene rings is 2. The highest BCUT2D eigenvalue weighted by molar-refractivity contribution is 6.13. The van der Waals surface area contributed by atoms with Gasteiger partial charge in [0.2, 0.25) is 0 Å². The largest absolute Gasteiger partial charge is 0.490 e. The van der Waals surface area contributed by atoms with Crippen molar-refractivity contribution in [3.8, 4) is 5.75 Å². The Morgan fingerprint density at radius 3 is 2.49 bits per heavy atom. The molecular weight excluding hydrogens is 480 g/mol. The molecule has 39 heavy (non-hydrogen) atoms. The van der Waals surface area contributed by atoms with Crippen LogP contribution in [-0.2, 0) is 12.0 Å². The number of nitrogens with two attached hydrogens (primary N) is 1. The van der Waals surface area contributed by atoms with Gasteiger partial charge in [0.15, 0.2) is 0 Å². The molecule has 0 saturated heterocycles. The van der Waals surface area contributed by atoms with Gasteiger partial charge < -0.3 is 15.8 Å². The van der Waals surface area contributed by atoms with E-state index in [1.165, 1.54) is 56.9 Å². The van der Waals surface area contributed by atoms with Gasteiger partial charge in [0.1, 0.15) is 5.75 Å². The predicted octanol–water partition coefficient (Wildman–Crippen LogP) is 7.42. The highest BCUT2D eigenvalue weighted by Gasteiger charge is 2.33. The Hall–Kier alpha value is -3.18. The van der Waals surface area contributed by atoms with E-state index in [0.717, 1.165) is 54.3 Å². The summed E-state index contributed by atoms with van der Waals surface area (Å²) in [4.78, 5) is 4.41. The van der Waals surface area contributed by atoms with Crippen LogP contribution in [0.25, 0.3) is 0 Å². The minimum absolute atomic E-state index is 0.148. The lowest BCUT2D eigenvalue weighted by molar-refractivity contribution is 0.130. The van der Waals surface area contributed by atoms with Crippen molar-refractivity contribution < 1.29 is 4.74 Å². The van der Waals surface area contributed by atoms with Crippen molar-refractivity contribution in [2.45, 2.75) is 89.2 Å². The van der Waals surface area contributed by atoms with Crippen LogP contribution < -0.4 is 15.8 Å². The quantitative estimate of drug-likeness (QED) is 0.190. The summed E-state index contributed by atoms with van der Waals surface area (Å²) < 4.78 is 6.26. The molecule has 5 rings (SSSR count). The monoisotopic (exact) mass is 524 g/mol. The van der Waals surface area contributed by atoms with E-state index in [1.807, 2.05) is 42.7 Å². The van der Waals surface area contributed by atoms with Crippen LogP contribution in [0.4, 0.5) is 5.69 Å². The van der Waals surface area contributed by atoms with Crippen molar-refractivity contribution in [2.24, 2.45) is 5.92 Å². The summed E-state index contributed by atoms with van der Waals surface area (Å²) >= 11 is 0. The molecule has 0 unspecified atom stereocenters. The normalized spacial score (nSPS) is 20.8. The number of nitrogens with one attached hydrogen (secondary N) is 2. The molecule has 5 heteroatoms. The van der Waals surface area contributed by atoms with Gasteiger partial charge in [-0.15, -0.1) is 0 Å². The van der Waals surface area contributed by atoms with Crippen LogP contribution in [0.3, 0.4) is 0 Å². The fourth-order valence-corrected chi connectivity index (χ4v) is 6.55. The lowest BCUT2D eigenvalue weighted by Gasteiger charge is -2.38. The van der Waals surface area contributed by atoms with Crippen LogP contribution in [0.5, 0.6) is 5.75 Å². The van der Waals surface area contributed by atoms with E-state index in [-0.39, 0.29) is 5.41 Å². The molecule has 0 atom stereocenters. The van der Waals surface area contributed by atoms with Crippen molar-refractivity contribution in [2.75, 3.05) is 12.3 Å². The molecule has 3 aromatic rings. The summed E-state index contributed by atoms with van der Waals surface area (Å²) in [6, 6.07) is 18.3. The van der Waals surface area contributed by atoms with Crippen LogP contribution in [0.15, 0.2) is 67.0 Å². The van der Waals surface area contributed by atoms with Crippen molar-refractivity contribution in [1.29, 1.82) is 5.41 Å². The standard InChI is InChI=1S/C34H44N4O/c1-2-25-8-13-29(14-9-25)39-30-15-11-27(12-16-30)33(36)31-21-26(10-17-32(31)35)22-38-24-34(18-4-3-5-19-34)28-7-6-20-37-23-28/h6-7,10-12,15-17,20-21,23,25,29,36,38H,2-5,8-9,13-14,18-19,22,24,35H2,1H3. The molecule has 5 nitrogen and oxygen atoms in total. The molecule has 1 aromatic heterocycles. The maximum Gasteiger partial charge on any atom is 0.119 e. The van der Waals surface area contributed by atoms with E-state index in [1.54, 1.807) is 0 Å². The summed E-state index contributed by atoms with van der Waals surface area (Å²) in [7, 11) is 0. The zero-order chi connectivity index (χ0) is 27.1. The van der Waals surface area contributed by atoms with E-state index >= 15 is 0 Å². The Balaban J connectivity index is 1.21. The number of hydrogen-bond acceptors (Lipinski definition) is 5. The van der Waals surface area contributed by atoms with Crippen molar-refractivity contribution in [1.82, 2.24) is 10.3 Å². The summed E-state index contributed by atoms with van der Waals surface area (Å²) in [6.07, 6.45) is 16.5. The first-order valence-corrected chi connectivity index (χ1v) is 14.9. The van der Waals surface area contributed by atoms with Gasteiger partial charge in [-0.2, -0.15) is 0 Å². The fraction of sp³-hybridized carbons (Fsp3) is 0.471. The van der Waals surface area contributed by atoms with Gasteiger partial charge in [-0.3, -0.25) is 10.4 Å². The fourth-order valence-electron chi connectivity index (χ4n) is 6.55. The molecule has 2 fully saturated rings. The third kappa shape index (κ3) is 6.70. The van der Waals surface area contributed by atoms with Gasteiger partial charge in [-0.1, -0.05) is 44.7 Å². The topological polar surface area (TPSA) is 84.0 Å². The second kappa shape index (κ2) is 12.8. The Labute approximate surface area is 234 Å². The maximum atomic E-state index is 8.91. The number of pyridine rings is 1. The second-order valence-corrected chi connectivity index (χ2v) is 11.7. The summed E-state index contributed by atoms with van der Waals surface area (Å²) in [5.41, 5.74) is 11.7. The van der Waals surface area contributed by atoms with Gasteiger partial charge in [0.25, 0.3) is 0 Å². The van der Waals surface area contributed by atoms with Crippen LogP contribution in [0.2, 0.25) is 0 Å². The van der Waals surface area contributed by atoms with E-state index < -0.39 is 0 Å². The first-order chi connectivity index (χ1) is 19.1. The summed E-state index contributed by atoms with van der Waals surface area (Å²) in [6.45, 7) is 3.96. The number of nitrogen functional groups attached to an aromatic ring is 1. The molecule has 2 aliphatic rings. The van der Waals surface area contributed by atoms with Crippen LogP contribution >= 0.6 is 0 Å². The molecule has 2 saturated carbocycles. The third-order valence-electron chi connectivity index (χ3n) is 9.08. The minimum atomic E-state index is 0.148. The highest BCUT2D eigenvalue weighted by atomic mass is 16.5. The van der Waals surface area contributed by atoms with E-state index in [2.05, 4.69) is 41.5 Å². The minimum Gasteiger partial charge on any atom is -0.490 e. The molecule has 1 heterocycles. The van der Waals surface area contributed by atoms with Crippen molar-refractivity contribution in [3.05, 3.63) is 89.2 Å². The average Bonchev–Trinajstić information content (AvgIpc) is 2.99. The third-order valence-corrected chi connectivity index (χ3v) is 9.08. The molecule has 0 aliphatic heterocycles. The summed E-state index contributed by atoms with van der Waals surface area (Å²) in [5, 5.41) is 12.6. The molecule has 0 radical (unpaired) electrons. The molecular formula is C34H44N4O. The first kappa shape index (κ1) is 27.4. The number of anilines is 1. The Kier molecular flexibility index (Phi) is 8.98. The van der Waals surface area contributed by atoms with Crippen molar-refractivity contribution in [3.63, 3.8) is 0 Å². The molecule has 0 spiro atoms. The zero-order valence-corrected chi connectivity index (χ0v) is 23.4. The number of hydrogen-bond donors (Lipinski definition) is 3. The lowest BCUT2D eigenvalue weighted by Crippen LogP contribution is -2.39. The van der Waals surface area contributed by atoms with Gasteiger partial charge in [0, 0.05) is 47.7 Å². The second-order valence-electron chi connectivity index (χ2n) is 11.7. The average molecular weight is 525 g/mol. The zero-order valence-electron chi connectivity index (χ0n) is 23.4. The molecule has 0 amide bonds. The number of ether oxygens (including phenoxy) is 1. The molecule has 0 bridgehead atoms. The van der Waals surface area contributed by atoms with Gasteiger partial charge in [0.05, 0.1) is 11.8 Å². The summed E-state index contributed by atoms with van der Waals surface area (Å²) in [5.74, 6) is 1.75. The molecule has 2 aliphatic carbocycles. The Bertz CT molecular complexity index is 1210. The number of aromatic nitrogens is 1. The maximum absolute atomic E-state index is 8.91. The molecule has 2 aromatic carbocycles. The van der Waals surface area contributed by atoms with Gasteiger partial charge >= 0.3 is 0 Å². The van der Waals surface area contributed by atoms with Crippen LogP contribution in [0.1, 0.15) is 93.4 Å². The van der Waals surface area contributed by atoms with Gasteiger partial charge in [-0.25, -0.2) is 0 Å².